The third kappa shape index (κ3) is 3.21. The molecule has 0 saturated heterocycles. The van der Waals surface area contributed by atoms with Crippen LogP contribution in [0.1, 0.15) is 19.4 Å². The molecule has 0 saturated carbocycles. The van der Waals surface area contributed by atoms with E-state index in [1.807, 2.05) is 12.1 Å². The Bertz CT molecular complexity index is 488. The third-order valence-corrected chi connectivity index (χ3v) is 3.29. The van der Waals surface area contributed by atoms with Gasteiger partial charge in [-0.25, -0.2) is 0 Å². The third-order valence-electron chi connectivity index (χ3n) is 3.29. The zero-order valence-electron chi connectivity index (χ0n) is 11.4. The van der Waals surface area contributed by atoms with E-state index in [1.165, 1.54) is 16.7 Å². The van der Waals surface area contributed by atoms with Crippen LogP contribution in [0.4, 0.5) is 0 Å². The van der Waals surface area contributed by atoms with Crippen molar-refractivity contribution in [3.05, 3.63) is 60.2 Å². The van der Waals surface area contributed by atoms with Crippen molar-refractivity contribution in [2.45, 2.75) is 26.4 Å². The van der Waals surface area contributed by atoms with Crippen LogP contribution in [0.15, 0.2) is 48.5 Å². The molecule has 1 nitrogen and oxygen atoms in total. The van der Waals surface area contributed by atoms with Gasteiger partial charge in [-0.1, -0.05) is 42.5 Å². The Hall–Kier alpha value is -1.60. The minimum Gasteiger partial charge on any atom is -0.300 e. The fourth-order valence-corrected chi connectivity index (χ4v) is 1.90. The van der Waals surface area contributed by atoms with Crippen LogP contribution in [0.2, 0.25) is 0 Å². The molecule has 0 aromatic heterocycles. The van der Waals surface area contributed by atoms with Crippen molar-refractivity contribution in [1.82, 2.24) is 4.90 Å². The molecule has 0 heterocycles. The summed E-state index contributed by atoms with van der Waals surface area (Å²) in [6, 6.07) is 20.5. The van der Waals surface area contributed by atoms with Crippen molar-refractivity contribution in [2.24, 2.45) is 0 Å². The largest absolute Gasteiger partial charge is 0.300 e. The molecule has 2 aromatic rings. The average Bonchev–Trinajstić information content (AvgIpc) is 2.40. The summed E-state index contributed by atoms with van der Waals surface area (Å²) in [5.74, 6) is 0. The van der Waals surface area contributed by atoms with Gasteiger partial charge in [-0.2, -0.15) is 0 Å². The van der Waals surface area contributed by atoms with Crippen LogP contribution in [0, 0.1) is 6.07 Å². The fourth-order valence-electron chi connectivity index (χ4n) is 1.90. The predicted molar refractivity (Wildman–Crippen MR) is 77.3 cm³/mol. The molecule has 1 heteroatoms. The Morgan fingerprint density at radius 3 is 2.44 bits per heavy atom. The van der Waals surface area contributed by atoms with E-state index >= 15 is 0 Å². The molecule has 1 radical (unpaired) electrons. The van der Waals surface area contributed by atoms with Crippen LogP contribution in [0.3, 0.4) is 0 Å². The van der Waals surface area contributed by atoms with E-state index in [2.05, 4.69) is 68.3 Å². The lowest BCUT2D eigenvalue weighted by atomic mass is 10.0. The van der Waals surface area contributed by atoms with Crippen LogP contribution < -0.4 is 0 Å². The molecule has 0 bridgehead atoms. The first-order chi connectivity index (χ1) is 8.66. The molecule has 0 amide bonds. The predicted octanol–water partition coefficient (Wildman–Crippen LogP) is 3.99. The Kier molecular flexibility index (Phi) is 4.16. The number of hydrogen-bond donors (Lipinski definition) is 0. The van der Waals surface area contributed by atoms with Gasteiger partial charge in [-0.3, -0.25) is 4.90 Å². The Labute approximate surface area is 110 Å². The second kappa shape index (κ2) is 5.83. The molecule has 0 spiro atoms. The lowest BCUT2D eigenvalue weighted by molar-refractivity contribution is 0.266. The van der Waals surface area contributed by atoms with Crippen molar-refractivity contribution >= 4 is 0 Å². The summed E-state index contributed by atoms with van der Waals surface area (Å²) < 4.78 is 0. The van der Waals surface area contributed by atoms with E-state index < -0.39 is 0 Å². The number of nitrogens with zero attached hydrogens (tertiary/aromatic N) is 1. The highest BCUT2D eigenvalue weighted by atomic mass is 15.1. The maximum atomic E-state index is 3.06. The van der Waals surface area contributed by atoms with Gasteiger partial charge in [-0.05, 0) is 49.7 Å². The van der Waals surface area contributed by atoms with Crippen LogP contribution >= 0.6 is 0 Å². The van der Waals surface area contributed by atoms with Gasteiger partial charge in [0.15, 0.2) is 0 Å². The topological polar surface area (TPSA) is 3.24 Å². The number of benzene rings is 2. The molecule has 18 heavy (non-hydrogen) atoms. The second-order valence-electron chi connectivity index (χ2n) is 5.00. The first-order valence-corrected chi connectivity index (χ1v) is 6.42. The smallest absolute Gasteiger partial charge is 0.0233 e. The summed E-state index contributed by atoms with van der Waals surface area (Å²) in [7, 11) is 2.16. The Balaban J connectivity index is 2.21. The standard InChI is InChI=1S/C17H20N/c1-14(2)18(3)13-15-8-7-11-17(12-15)16-9-5-4-6-10-16/h5-12,14H,13H2,1-3H3. The van der Waals surface area contributed by atoms with Gasteiger partial charge in [-0.15, -0.1) is 0 Å². The van der Waals surface area contributed by atoms with E-state index in [0.29, 0.717) is 6.04 Å². The van der Waals surface area contributed by atoms with E-state index in [-0.39, 0.29) is 0 Å². The zero-order chi connectivity index (χ0) is 13.0. The lowest BCUT2D eigenvalue weighted by Gasteiger charge is -2.21. The highest BCUT2D eigenvalue weighted by Gasteiger charge is 2.05. The quantitative estimate of drug-likeness (QED) is 0.778. The maximum Gasteiger partial charge on any atom is 0.0233 e. The van der Waals surface area contributed by atoms with Crippen LogP contribution in [-0.4, -0.2) is 18.0 Å². The first kappa shape index (κ1) is 12.8. The minimum atomic E-state index is 0.569. The van der Waals surface area contributed by atoms with Gasteiger partial charge in [0.25, 0.3) is 0 Å². The van der Waals surface area contributed by atoms with Gasteiger partial charge in [0, 0.05) is 12.6 Å². The van der Waals surface area contributed by atoms with Crippen LogP contribution in [-0.2, 0) is 6.54 Å². The van der Waals surface area contributed by atoms with Crippen molar-refractivity contribution in [3.63, 3.8) is 0 Å². The molecule has 0 atom stereocenters. The summed E-state index contributed by atoms with van der Waals surface area (Å²) >= 11 is 0. The van der Waals surface area contributed by atoms with Crippen molar-refractivity contribution in [2.75, 3.05) is 7.05 Å². The molecular weight excluding hydrogens is 218 g/mol. The molecule has 0 unspecified atom stereocenters. The summed E-state index contributed by atoms with van der Waals surface area (Å²) in [5, 5.41) is 0. The first-order valence-electron chi connectivity index (χ1n) is 6.42. The normalized spacial score (nSPS) is 11.2. The van der Waals surface area contributed by atoms with E-state index in [0.717, 1.165) is 6.54 Å². The molecular formula is C17H20N. The molecule has 2 aromatic carbocycles. The summed E-state index contributed by atoms with van der Waals surface area (Å²) in [6.07, 6.45) is 0. The molecule has 93 valence electrons. The number of hydrogen-bond acceptors (Lipinski definition) is 1. The maximum absolute atomic E-state index is 3.06. The number of rotatable bonds is 4. The van der Waals surface area contributed by atoms with Gasteiger partial charge < -0.3 is 0 Å². The molecule has 0 N–H and O–H groups in total. The summed E-state index contributed by atoms with van der Waals surface area (Å²) in [6.45, 7) is 5.43. The fraction of sp³-hybridized carbons (Fsp3) is 0.294. The average molecular weight is 238 g/mol. The molecule has 2 rings (SSSR count). The highest BCUT2D eigenvalue weighted by Crippen LogP contribution is 2.20. The van der Waals surface area contributed by atoms with E-state index in [4.69, 9.17) is 0 Å². The van der Waals surface area contributed by atoms with Gasteiger partial charge in [0.2, 0.25) is 0 Å². The monoisotopic (exact) mass is 238 g/mol. The highest BCUT2D eigenvalue weighted by molar-refractivity contribution is 5.63. The van der Waals surface area contributed by atoms with Crippen LogP contribution in [0.5, 0.6) is 0 Å². The minimum absolute atomic E-state index is 0.569. The van der Waals surface area contributed by atoms with Gasteiger partial charge in [0.05, 0.1) is 0 Å². The second-order valence-corrected chi connectivity index (χ2v) is 5.00. The van der Waals surface area contributed by atoms with Crippen LogP contribution in [0.25, 0.3) is 11.1 Å². The zero-order valence-corrected chi connectivity index (χ0v) is 11.4. The Morgan fingerprint density at radius 2 is 1.78 bits per heavy atom. The van der Waals surface area contributed by atoms with Gasteiger partial charge in [0.1, 0.15) is 0 Å². The van der Waals surface area contributed by atoms with E-state index in [9.17, 15) is 0 Å². The van der Waals surface area contributed by atoms with Crippen molar-refractivity contribution in [1.29, 1.82) is 0 Å². The van der Waals surface area contributed by atoms with Crippen molar-refractivity contribution in [3.8, 4) is 11.1 Å². The molecule has 0 aliphatic heterocycles. The van der Waals surface area contributed by atoms with Crippen molar-refractivity contribution < 1.29 is 0 Å². The Morgan fingerprint density at radius 1 is 1.06 bits per heavy atom. The molecule has 0 aliphatic rings. The summed E-state index contributed by atoms with van der Waals surface area (Å²) in [4.78, 5) is 2.35. The van der Waals surface area contributed by atoms with E-state index in [1.54, 1.807) is 0 Å². The SMILES string of the molecule is CC(C)N(C)Cc1cccc(-c2cc[c]cc2)c1. The van der Waals surface area contributed by atoms with Gasteiger partial charge >= 0.3 is 0 Å². The summed E-state index contributed by atoms with van der Waals surface area (Å²) in [5.41, 5.74) is 3.89. The molecule has 0 fully saturated rings. The molecule has 0 aliphatic carbocycles. The lowest BCUT2D eigenvalue weighted by Crippen LogP contribution is -2.25.